The fourth-order valence-corrected chi connectivity index (χ4v) is 4.31. The number of furan rings is 1. The van der Waals surface area contributed by atoms with E-state index in [1.54, 1.807) is 0 Å². The number of thioether (sulfide) groups is 1. The molecule has 118 valence electrons. The van der Waals surface area contributed by atoms with Crippen LogP contribution in [0.15, 0.2) is 21.9 Å². The van der Waals surface area contributed by atoms with Gasteiger partial charge in [0, 0.05) is 23.4 Å². The van der Waals surface area contributed by atoms with Crippen LogP contribution in [0.3, 0.4) is 0 Å². The van der Waals surface area contributed by atoms with Gasteiger partial charge in [0.1, 0.15) is 11.5 Å². The zero-order chi connectivity index (χ0) is 15.5. The number of hydrogen-bond donors (Lipinski definition) is 1. The van der Waals surface area contributed by atoms with Gasteiger partial charge in [-0.1, -0.05) is 0 Å². The van der Waals surface area contributed by atoms with Crippen molar-refractivity contribution in [3.05, 3.63) is 34.7 Å². The van der Waals surface area contributed by atoms with Crippen LogP contribution in [-0.4, -0.2) is 40.4 Å². The van der Waals surface area contributed by atoms with Crippen LogP contribution in [0.1, 0.15) is 23.3 Å². The van der Waals surface area contributed by atoms with E-state index in [0.29, 0.717) is 11.7 Å². The molecule has 2 aromatic heterocycles. The number of nitrogens with one attached hydrogen (secondary N) is 1. The van der Waals surface area contributed by atoms with Crippen LogP contribution >= 0.6 is 23.1 Å². The molecule has 3 rings (SSSR count). The molecular weight excluding hydrogens is 318 g/mol. The maximum absolute atomic E-state index is 12.2. The molecule has 1 atom stereocenters. The highest BCUT2D eigenvalue weighted by Gasteiger charge is 2.28. The van der Waals surface area contributed by atoms with Crippen LogP contribution in [0.2, 0.25) is 0 Å². The van der Waals surface area contributed by atoms with Crippen molar-refractivity contribution in [1.29, 1.82) is 0 Å². The molecule has 0 spiro atoms. The van der Waals surface area contributed by atoms with Gasteiger partial charge in [-0.3, -0.25) is 9.69 Å². The van der Waals surface area contributed by atoms with E-state index in [4.69, 9.17) is 4.42 Å². The van der Waals surface area contributed by atoms with Crippen molar-refractivity contribution in [2.75, 3.05) is 29.9 Å². The maximum atomic E-state index is 12.2. The van der Waals surface area contributed by atoms with Gasteiger partial charge in [0.25, 0.3) is 0 Å². The molecule has 1 amide bonds. The predicted octanol–water partition coefficient (Wildman–Crippen LogP) is 3.08. The van der Waals surface area contributed by atoms with E-state index in [1.807, 2.05) is 43.1 Å². The summed E-state index contributed by atoms with van der Waals surface area (Å²) in [4.78, 5) is 18.7. The van der Waals surface area contributed by atoms with Gasteiger partial charge in [-0.15, -0.1) is 11.3 Å². The smallest absolute Gasteiger partial charge is 0.240 e. The minimum atomic E-state index is -0.0190. The second-order valence-electron chi connectivity index (χ2n) is 5.35. The van der Waals surface area contributed by atoms with Gasteiger partial charge < -0.3 is 9.73 Å². The Morgan fingerprint density at radius 2 is 2.36 bits per heavy atom. The number of aromatic nitrogens is 1. The van der Waals surface area contributed by atoms with Crippen LogP contribution in [0.4, 0.5) is 5.13 Å². The van der Waals surface area contributed by atoms with Gasteiger partial charge in [0.15, 0.2) is 5.13 Å². The van der Waals surface area contributed by atoms with Gasteiger partial charge in [0.2, 0.25) is 5.91 Å². The largest absolute Gasteiger partial charge is 0.465 e. The molecule has 0 radical (unpaired) electrons. The SMILES string of the molecule is Cc1csc(NC(=O)CN2CCSCC2c2ccc(C)o2)n1. The number of carbonyl (C=O) groups is 1. The highest BCUT2D eigenvalue weighted by Crippen LogP contribution is 2.30. The van der Waals surface area contributed by atoms with Gasteiger partial charge in [0.05, 0.1) is 18.3 Å². The van der Waals surface area contributed by atoms with Crippen molar-refractivity contribution >= 4 is 34.1 Å². The Morgan fingerprint density at radius 3 is 3.05 bits per heavy atom. The Morgan fingerprint density at radius 1 is 1.50 bits per heavy atom. The molecule has 0 saturated carbocycles. The third-order valence-corrected chi connectivity index (χ3v) is 5.44. The molecule has 0 aliphatic carbocycles. The summed E-state index contributed by atoms with van der Waals surface area (Å²) in [5.41, 5.74) is 0.929. The minimum Gasteiger partial charge on any atom is -0.465 e. The van der Waals surface area contributed by atoms with E-state index < -0.39 is 0 Å². The van der Waals surface area contributed by atoms with Gasteiger partial charge in [-0.05, 0) is 26.0 Å². The first-order valence-corrected chi connectivity index (χ1v) is 9.25. The van der Waals surface area contributed by atoms with Crippen LogP contribution in [0, 0.1) is 13.8 Å². The highest BCUT2D eigenvalue weighted by atomic mass is 32.2. The number of hydrogen-bond acceptors (Lipinski definition) is 6. The molecule has 5 nitrogen and oxygen atoms in total. The van der Waals surface area contributed by atoms with Crippen LogP contribution in [0.25, 0.3) is 0 Å². The average Bonchev–Trinajstić information content (AvgIpc) is 3.08. The molecule has 1 saturated heterocycles. The number of nitrogens with zero attached hydrogens (tertiary/aromatic N) is 2. The zero-order valence-electron chi connectivity index (χ0n) is 12.7. The monoisotopic (exact) mass is 337 g/mol. The summed E-state index contributed by atoms with van der Waals surface area (Å²) >= 11 is 3.36. The van der Waals surface area contributed by atoms with Gasteiger partial charge >= 0.3 is 0 Å². The number of amides is 1. The van der Waals surface area contributed by atoms with Crippen molar-refractivity contribution in [1.82, 2.24) is 9.88 Å². The van der Waals surface area contributed by atoms with Crippen molar-refractivity contribution in [2.45, 2.75) is 19.9 Å². The summed E-state index contributed by atoms with van der Waals surface area (Å²) in [6.45, 7) is 5.12. The van der Waals surface area contributed by atoms with E-state index in [9.17, 15) is 4.79 Å². The lowest BCUT2D eigenvalue weighted by Crippen LogP contribution is -2.41. The summed E-state index contributed by atoms with van der Waals surface area (Å²) < 4.78 is 5.76. The van der Waals surface area contributed by atoms with Crippen LogP contribution in [0.5, 0.6) is 0 Å². The van der Waals surface area contributed by atoms with E-state index in [0.717, 1.165) is 35.3 Å². The zero-order valence-corrected chi connectivity index (χ0v) is 14.3. The first-order valence-electron chi connectivity index (χ1n) is 7.22. The second kappa shape index (κ2) is 6.85. The van der Waals surface area contributed by atoms with Gasteiger partial charge in [-0.25, -0.2) is 4.98 Å². The Hall–Kier alpha value is -1.31. The maximum Gasteiger partial charge on any atom is 0.240 e. The summed E-state index contributed by atoms with van der Waals surface area (Å²) in [5, 5.41) is 5.47. The van der Waals surface area contributed by atoms with Crippen LogP contribution in [-0.2, 0) is 4.79 Å². The third kappa shape index (κ3) is 3.71. The Labute approximate surface area is 138 Å². The molecule has 1 unspecified atom stereocenters. The molecule has 3 heterocycles. The molecule has 22 heavy (non-hydrogen) atoms. The summed E-state index contributed by atoms with van der Waals surface area (Å²) in [6, 6.07) is 4.16. The lowest BCUT2D eigenvalue weighted by molar-refractivity contribution is -0.117. The van der Waals surface area contributed by atoms with Gasteiger partial charge in [-0.2, -0.15) is 11.8 Å². The van der Waals surface area contributed by atoms with Crippen molar-refractivity contribution in [2.24, 2.45) is 0 Å². The lowest BCUT2D eigenvalue weighted by Gasteiger charge is -2.33. The molecule has 2 aromatic rings. The molecule has 1 N–H and O–H groups in total. The quantitative estimate of drug-likeness (QED) is 0.929. The topological polar surface area (TPSA) is 58.4 Å². The van der Waals surface area contributed by atoms with E-state index in [-0.39, 0.29) is 11.9 Å². The predicted molar refractivity (Wildman–Crippen MR) is 90.6 cm³/mol. The van der Waals surface area contributed by atoms with Crippen LogP contribution < -0.4 is 5.32 Å². The Kier molecular flexibility index (Phi) is 4.85. The molecule has 7 heteroatoms. The number of thiazole rings is 1. The first-order chi connectivity index (χ1) is 10.6. The fourth-order valence-electron chi connectivity index (χ4n) is 2.48. The summed E-state index contributed by atoms with van der Waals surface area (Å²) in [7, 11) is 0. The number of anilines is 1. The normalized spacial score (nSPS) is 19.3. The fraction of sp³-hybridized carbons (Fsp3) is 0.467. The van der Waals surface area contributed by atoms with Crippen molar-refractivity contribution in [3.8, 4) is 0 Å². The summed E-state index contributed by atoms with van der Waals surface area (Å²) in [5.74, 6) is 3.83. The van der Waals surface area contributed by atoms with E-state index in [2.05, 4.69) is 15.2 Å². The number of aryl methyl sites for hydroxylation is 2. The minimum absolute atomic E-state index is 0.0190. The van der Waals surface area contributed by atoms with Crippen molar-refractivity contribution < 1.29 is 9.21 Å². The lowest BCUT2D eigenvalue weighted by atomic mass is 10.2. The van der Waals surface area contributed by atoms with E-state index in [1.165, 1.54) is 11.3 Å². The van der Waals surface area contributed by atoms with Crippen molar-refractivity contribution in [3.63, 3.8) is 0 Å². The molecule has 1 aliphatic rings. The molecule has 1 fully saturated rings. The number of rotatable bonds is 4. The Balaban J connectivity index is 1.64. The molecule has 0 aromatic carbocycles. The molecule has 1 aliphatic heterocycles. The number of carbonyl (C=O) groups excluding carboxylic acids is 1. The second-order valence-corrected chi connectivity index (χ2v) is 7.36. The summed E-state index contributed by atoms with van der Waals surface area (Å²) in [6.07, 6.45) is 0. The van der Waals surface area contributed by atoms with E-state index >= 15 is 0 Å². The first kappa shape index (κ1) is 15.6. The Bertz CT molecular complexity index is 653. The molecule has 0 bridgehead atoms. The highest BCUT2D eigenvalue weighted by molar-refractivity contribution is 7.99. The third-order valence-electron chi connectivity index (χ3n) is 3.54. The molecular formula is C15H19N3O2S2. The average molecular weight is 337 g/mol. The standard InChI is InChI=1S/C15H19N3O2S2/c1-10-8-22-15(16-10)17-14(19)7-18-5-6-21-9-12(18)13-4-3-11(2)20-13/h3-4,8,12H,5-7,9H2,1-2H3,(H,16,17,19).